The van der Waals surface area contributed by atoms with E-state index in [1.807, 2.05) is 0 Å². The number of hydrogen-bond donors (Lipinski definition) is 1. The van der Waals surface area contributed by atoms with Crippen LogP contribution in [0.1, 0.15) is 32.6 Å². The predicted octanol–water partition coefficient (Wildman–Crippen LogP) is 1.72. The molecule has 13 heavy (non-hydrogen) atoms. The van der Waals surface area contributed by atoms with Gasteiger partial charge < -0.3 is 10.2 Å². The Balaban J connectivity index is 2.04. The zero-order chi connectivity index (χ0) is 9.73. The van der Waals surface area contributed by atoms with Gasteiger partial charge in [0.1, 0.15) is 0 Å². The molecule has 1 rings (SSSR count). The second-order valence-corrected chi connectivity index (χ2v) is 4.69. The average Bonchev–Trinajstić information content (AvgIpc) is 2.01. The van der Waals surface area contributed by atoms with Crippen molar-refractivity contribution in [2.45, 2.75) is 32.6 Å². The molecular weight excluding hydrogens is 160 g/mol. The fraction of sp³-hybridized carbons (Fsp3) is 1.00. The minimum atomic E-state index is 0.673. The van der Waals surface area contributed by atoms with Crippen LogP contribution in [0.5, 0.6) is 0 Å². The van der Waals surface area contributed by atoms with Crippen LogP contribution in [-0.2, 0) is 0 Å². The molecule has 0 amide bonds. The zero-order valence-electron chi connectivity index (χ0n) is 9.40. The first-order valence-corrected chi connectivity index (χ1v) is 5.54. The van der Waals surface area contributed by atoms with Crippen molar-refractivity contribution in [1.82, 2.24) is 10.2 Å². The van der Waals surface area contributed by atoms with Gasteiger partial charge in [0.2, 0.25) is 0 Å². The highest BCUT2D eigenvalue weighted by Gasteiger charge is 2.34. The lowest BCUT2D eigenvalue weighted by Crippen LogP contribution is -2.41. The lowest BCUT2D eigenvalue weighted by Gasteiger charge is -2.41. The third kappa shape index (κ3) is 3.28. The maximum Gasteiger partial charge on any atom is 0.0101 e. The Morgan fingerprint density at radius 3 is 2.38 bits per heavy atom. The van der Waals surface area contributed by atoms with Crippen LogP contribution in [0, 0.1) is 5.41 Å². The van der Waals surface area contributed by atoms with Gasteiger partial charge in [0.15, 0.2) is 0 Å². The van der Waals surface area contributed by atoms with Crippen molar-refractivity contribution in [2.75, 3.05) is 33.7 Å². The van der Waals surface area contributed by atoms with E-state index in [1.54, 1.807) is 0 Å². The van der Waals surface area contributed by atoms with Gasteiger partial charge in [0, 0.05) is 19.6 Å². The van der Waals surface area contributed by atoms with Crippen LogP contribution in [0.3, 0.4) is 0 Å². The molecule has 1 aliphatic carbocycles. The predicted molar refractivity (Wildman–Crippen MR) is 58.0 cm³/mol. The lowest BCUT2D eigenvalue weighted by atomic mass is 9.67. The third-order valence-electron chi connectivity index (χ3n) is 3.40. The largest absolute Gasteiger partial charge is 0.315 e. The Morgan fingerprint density at radius 2 is 2.00 bits per heavy atom. The third-order valence-corrected chi connectivity index (χ3v) is 3.40. The molecule has 2 nitrogen and oxygen atoms in total. The molecule has 0 bridgehead atoms. The Hall–Kier alpha value is -0.0800. The molecule has 0 aliphatic heterocycles. The topological polar surface area (TPSA) is 15.3 Å². The highest BCUT2D eigenvalue weighted by atomic mass is 15.1. The van der Waals surface area contributed by atoms with Gasteiger partial charge in [0.05, 0.1) is 0 Å². The first kappa shape index (κ1) is 11.0. The van der Waals surface area contributed by atoms with Gasteiger partial charge >= 0.3 is 0 Å². The van der Waals surface area contributed by atoms with Crippen molar-refractivity contribution >= 4 is 0 Å². The number of nitrogens with one attached hydrogen (secondary N) is 1. The molecule has 0 heterocycles. The lowest BCUT2D eigenvalue weighted by molar-refractivity contribution is 0.123. The molecule has 2 heteroatoms. The summed E-state index contributed by atoms with van der Waals surface area (Å²) in [6, 6.07) is 0. The van der Waals surface area contributed by atoms with Crippen molar-refractivity contribution in [2.24, 2.45) is 5.41 Å². The van der Waals surface area contributed by atoms with Crippen LogP contribution in [0.25, 0.3) is 0 Å². The van der Waals surface area contributed by atoms with Gasteiger partial charge in [-0.3, -0.25) is 0 Å². The fourth-order valence-corrected chi connectivity index (χ4v) is 1.99. The molecule has 1 fully saturated rings. The molecular formula is C11H24N2. The van der Waals surface area contributed by atoms with E-state index < -0.39 is 0 Å². The van der Waals surface area contributed by atoms with Gasteiger partial charge in [-0.25, -0.2) is 0 Å². The van der Waals surface area contributed by atoms with Crippen molar-refractivity contribution in [3.63, 3.8) is 0 Å². The number of rotatable bonds is 6. The number of nitrogens with zero attached hydrogens (tertiary/aromatic N) is 1. The molecule has 0 radical (unpaired) electrons. The standard InChI is InChI=1S/C11H24N2/c1-4-11(6-5-7-11)10-12-8-9-13(2)3/h12H,4-10H2,1-3H3. The SMILES string of the molecule is CCC1(CNCCN(C)C)CCC1. The molecule has 0 aromatic heterocycles. The molecule has 1 saturated carbocycles. The smallest absolute Gasteiger partial charge is 0.0101 e. The van der Waals surface area contributed by atoms with Crippen LogP contribution in [-0.4, -0.2) is 38.6 Å². The highest BCUT2D eigenvalue weighted by Crippen LogP contribution is 2.42. The second-order valence-electron chi connectivity index (χ2n) is 4.69. The van der Waals surface area contributed by atoms with Gasteiger partial charge in [-0.05, 0) is 38.8 Å². The van der Waals surface area contributed by atoms with Gasteiger partial charge in [-0.1, -0.05) is 13.3 Å². The van der Waals surface area contributed by atoms with Crippen LogP contribution in [0.4, 0.5) is 0 Å². The molecule has 1 N–H and O–H groups in total. The summed E-state index contributed by atoms with van der Waals surface area (Å²) in [5.74, 6) is 0. The Bertz CT molecular complexity index is 134. The van der Waals surface area contributed by atoms with Gasteiger partial charge in [-0.15, -0.1) is 0 Å². The second kappa shape index (κ2) is 4.97. The Labute approximate surface area is 82.7 Å². The van der Waals surface area contributed by atoms with Crippen molar-refractivity contribution in [3.05, 3.63) is 0 Å². The van der Waals surface area contributed by atoms with Gasteiger partial charge in [-0.2, -0.15) is 0 Å². The van der Waals surface area contributed by atoms with Crippen molar-refractivity contribution in [3.8, 4) is 0 Å². The molecule has 0 spiro atoms. The molecule has 1 aliphatic rings. The van der Waals surface area contributed by atoms with Crippen LogP contribution >= 0.6 is 0 Å². The summed E-state index contributed by atoms with van der Waals surface area (Å²) < 4.78 is 0. The summed E-state index contributed by atoms with van der Waals surface area (Å²) >= 11 is 0. The summed E-state index contributed by atoms with van der Waals surface area (Å²) in [4.78, 5) is 2.23. The molecule has 78 valence electrons. The highest BCUT2D eigenvalue weighted by molar-refractivity contribution is 4.88. The summed E-state index contributed by atoms with van der Waals surface area (Å²) in [7, 11) is 4.25. The summed E-state index contributed by atoms with van der Waals surface area (Å²) in [5, 5.41) is 3.57. The minimum absolute atomic E-state index is 0.673. The summed E-state index contributed by atoms with van der Waals surface area (Å²) in [6.07, 6.45) is 5.68. The van der Waals surface area contributed by atoms with E-state index in [2.05, 4.69) is 31.2 Å². The van der Waals surface area contributed by atoms with E-state index in [0.717, 1.165) is 13.1 Å². The summed E-state index contributed by atoms with van der Waals surface area (Å²) in [6.45, 7) is 5.85. The quantitative estimate of drug-likeness (QED) is 0.632. The number of likely N-dealkylation sites (N-methyl/N-ethyl adjacent to an activating group) is 1. The van der Waals surface area contributed by atoms with Crippen molar-refractivity contribution < 1.29 is 0 Å². The van der Waals surface area contributed by atoms with E-state index in [0.29, 0.717) is 5.41 Å². The minimum Gasteiger partial charge on any atom is -0.315 e. The first-order valence-electron chi connectivity index (χ1n) is 5.54. The van der Waals surface area contributed by atoms with Crippen LogP contribution in [0.15, 0.2) is 0 Å². The van der Waals surface area contributed by atoms with Crippen LogP contribution < -0.4 is 5.32 Å². The van der Waals surface area contributed by atoms with Crippen molar-refractivity contribution in [1.29, 1.82) is 0 Å². The zero-order valence-corrected chi connectivity index (χ0v) is 9.40. The average molecular weight is 184 g/mol. The first-order chi connectivity index (χ1) is 6.18. The molecule has 0 aromatic carbocycles. The van der Waals surface area contributed by atoms with E-state index in [9.17, 15) is 0 Å². The Kier molecular flexibility index (Phi) is 4.20. The maximum atomic E-state index is 3.57. The Morgan fingerprint density at radius 1 is 1.31 bits per heavy atom. The molecule has 0 saturated heterocycles. The maximum absolute atomic E-state index is 3.57. The van der Waals surface area contributed by atoms with Gasteiger partial charge in [0.25, 0.3) is 0 Å². The summed E-state index contributed by atoms with van der Waals surface area (Å²) in [5.41, 5.74) is 0.673. The molecule has 0 atom stereocenters. The normalized spacial score (nSPS) is 20.3. The van der Waals surface area contributed by atoms with E-state index in [4.69, 9.17) is 0 Å². The molecule has 0 unspecified atom stereocenters. The van der Waals surface area contributed by atoms with E-state index in [-0.39, 0.29) is 0 Å². The fourth-order valence-electron chi connectivity index (χ4n) is 1.99. The van der Waals surface area contributed by atoms with E-state index >= 15 is 0 Å². The van der Waals surface area contributed by atoms with Crippen LogP contribution in [0.2, 0.25) is 0 Å². The van der Waals surface area contributed by atoms with E-state index in [1.165, 1.54) is 32.2 Å². The monoisotopic (exact) mass is 184 g/mol. The molecule has 0 aromatic rings. The number of hydrogen-bond acceptors (Lipinski definition) is 2.